The Kier molecular flexibility index (Phi) is 7.34. The van der Waals surface area contributed by atoms with Crippen molar-refractivity contribution in [1.29, 1.82) is 0 Å². The van der Waals surface area contributed by atoms with Gasteiger partial charge in [0.1, 0.15) is 5.65 Å². The van der Waals surface area contributed by atoms with E-state index in [0.717, 1.165) is 77.7 Å². The summed E-state index contributed by atoms with van der Waals surface area (Å²) < 4.78 is 14.8. The molecule has 7 rings (SSSR count). The topological polar surface area (TPSA) is 128 Å². The number of aromatic amines is 1. The Hall–Kier alpha value is -4.28. The van der Waals surface area contributed by atoms with Gasteiger partial charge in [0.05, 0.1) is 29.7 Å². The second-order valence-electron chi connectivity index (χ2n) is 12.4. The maximum absolute atomic E-state index is 14.3. The Bertz CT molecular complexity index is 1910. The molecule has 2 atom stereocenters. The van der Waals surface area contributed by atoms with E-state index in [-0.39, 0.29) is 23.8 Å². The summed E-state index contributed by atoms with van der Waals surface area (Å²) in [4.78, 5) is 28.5. The van der Waals surface area contributed by atoms with E-state index in [1.807, 2.05) is 58.5 Å². The van der Waals surface area contributed by atoms with Crippen LogP contribution in [0.1, 0.15) is 75.2 Å². The summed E-state index contributed by atoms with van der Waals surface area (Å²) >= 11 is 0. The van der Waals surface area contributed by atoms with E-state index in [2.05, 4.69) is 34.3 Å². The van der Waals surface area contributed by atoms with Crippen molar-refractivity contribution in [2.24, 2.45) is 0 Å². The van der Waals surface area contributed by atoms with Crippen molar-refractivity contribution in [3.05, 3.63) is 98.5 Å². The van der Waals surface area contributed by atoms with Crippen LogP contribution in [-0.4, -0.2) is 47.2 Å². The molecule has 5 aromatic rings. The second-order valence-corrected chi connectivity index (χ2v) is 12.4. The highest BCUT2D eigenvalue weighted by Gasteiger charge is 2.51. The number of hydrogen-bond acceptors (Lipinski definition) is 7. The first-order valence-corrected chi connectivity index (χ1v) is 15.5. The van der Waals surface area contributed by atoms with E-state index in [0.29, 0.717) is 18.7 Å². The second kappa shape index (κ2) is 11.3. The summed E-state index contributed by atoms with van der Waals surface area (Å²) in [5, 5.41) is 18.7. The Morgan fingerprint density at radius 1 is 1.05 bits per heavy atom. The SMILES string of the molecule is CCCc1c(Cc2ccc(-c3ccccc3-c3noc(=O)[nH]3)cc2)c(=O)n([C@H]2CC[C@H](OC3CC3(C)O)CC2)c2ccnn12. The fourth-order valence-electron chi connectivity index (χ4n) is 6.69. The molecule has 2 fully saturated rings. The zero-order chi connectivity index (χ0) is 30.4. The molecule has 2 aromatic carbocycles. The van der Waals surface area contributed by atoms with Gasteiger partial charge in [-0.2, -0.15) is 5.10 Å². The number of fused-ring (bicyclic) bond motifs is 1. The van der Waals surface area contributed by atoms with Crippen molar-refractivity contribution in [1.82, 2.24) is 24.3 Å². The van der Waals surface area contributed by atoms with Crippen molar-refractivity contribution in [3.8, 4) is 22.5 Å². The average Bonchev–Trinajstić information content (AvgIpc) is 3.37. The summed E-state index contributed by atoms with van der Waals surface area (Å²) in [6.07, 6.45) is 8.10. The van der Waals surface area contributed by atoms with Gasteiger partial charge in [-0.3, -0.25) is 18.9 Å². The fourth-order valence-corrected chi connectivity index (χ4v) is 6.69. The quantitative estimate of drug-likeness (QED) is 0.243. The van der Waals surface area contributed by atoms with Gasteiger partial charge in [-0.25, -0.2) is 9.31 Å². The van der Waals surface area contributed by atoms with Crippen LogP contribution in [0.15, 0.2) is 74.9 Å². The molecular formula is C34H37N5O5. The molecule has 228 valence electrons. The summed E-state index contributed by atoms with van der Waals surface area (Å²) in [5.41, 5.74) is 5.63. The molecule has 0 radical (unpaired) electrons. The molecule has 2 unspecified atom stereocenters. The lowest BCUT2D eigenvalue weighted by Gasteiger charge is -2.31. The molecule has 0 spiro atoms. The molecular weight excluding hydrogens is 558 g/mol. The van der Waals surface area contributed by atoms with Gasteiger partial charge in [-0.05, 0) is 55.7 Å². The summed E-state index contributed by atoms with van der Waals surface area (Å²) in [5.74, 6) is -0.214. The minimum absolute atomic E-state index is 0.0559. The lowest BCUT2D eigenvalue weighted by atomic mass is 9.92. The highest BCUT2D eigenvalue weighted by molar-refractivity contribution is 5.80. The number of nitrogens with one attached hydrogen (secondary N) is 1. The monoisotopic (exact) mass is 595 g/mol. The largest absolute Gasteiger partial charge is 0.439 e. The van der Waals surface area contributed by atoms with Crippen molar-refractivity contribution in [2.75, 3.05) is 0 Å². The molecule has 10 nitrogen and oxygen atoms in total. The zero-order valence-electron chi connectivity index (χ0n) is 25.0. The average molecular weight is 596 g/mol. The first-order chi connectivity index (χ1) is 21.3. The number of H-pyrrole nitrogens is 1. The molecule has 2 N–H and O–H groups in total. The number of aromatic nitrogens is 5. The Balaban J connectivity index is 1.18. The third-order valence-electron chi connectivity index (χ3n) is 9.20. The minimum Gasteiger partial charge on any atom is -0.387 e. The first-order valence-electron chi connectivity index (χ1n) is 15.5. The number of aryl methyl sites for hydroxylation is 1. The van der Waals surface area contributed by atoms with Crippen LogP contribution >= 0.6 is 0 Å². The van der Waals surface area contributed by atoms with Gasteiger partial charge < -0.3 is 9.84 Å². The van der Waals surface area contributed by atoms with Crippen LogP contribution in [0.25, 0.3) is 28.2 Å². The highest BCUT2D eigenvalue weighted by atomic mass is 16.5. The third kappa shape index (κ3) is 5.33. The van der Waals surface area contributed by atoms with Crippen LogP contribution in [0.2, 0.25) is 0 Å². The molecule has 0 amide bonds. The maximum Gasteiger partial charge on any atom is 0.439 e. The van der Waals surface area contributed by atoms with E-state index < -0.39 is 11.4 Å². The van der Waals surface area contributed by atoms with Crippen LogP contribution < -0.4 is 11.3 Å². The summed E-state index contributed by atoms with van der Waals surface area (Å²) in [6.45, 7) is 3.95. The Morgan fingerprint density at radius 3 is 2.43 bits per heavy atom. The van der Waals surface area contributed by atoms with Gasteiger partial charge in [0, 0.05) is 36.1 Å². The normalized spacial score (nSPS) is 23.3. The fraction of sp³-hybridized carbons (Fsp3) is 0.412. The number of rotatable bonds is 9. The summed E-state index contributed by atoms with van der Waals surface area (Å²) in [6, 6.07) is 17.9. The van der Waals surface area contributed by atoms with Crippen LogP contribution in [0, 0.1) is 0 Å². The number of hydrogen-bond donors (Lipinski definition) is 2. The molecule has 0 saturated heterocycles. The molecule has 3 aromatic heterocycles. The molecule has 2 saturated carbocycles. The molecule has 44 heavy (non-hydrogen) atoms. The van der Waals surface area contributed by atoms with Gasteiger partial charge in [-0.15, -0.1) is 0 Å². The number of aliphatic hydroxyl groups is 1. The number of ether oxygens (including phenoxy) is 1. The van der Waals surface area contributed by atoms with Crippen LogP contribution in [-0.2, 0) is 17.6 Å². The van der Waals surface area contributed by atoms with E-state index in [4.69, 9.17) is 9.26 Å². The molecule has 3 heterocycles. The Labute approximate surface area is 254 Å². The molecule has 10 heteroatoms. The van der Waals surface area contributed by atoms with Crippen LogP contribution in [0.4, 0.5) is 0 Å². The predicted molar refractivity (Wildman–Crippen MR) is 166 cm³/mol. The van der Waals surface area contributed by atoms with Crippen molar-refractivity contribution in [2.45, 2.75) is 89.1 Å². The standard InChI is InChI=1S/C34H37N5O5/c1-3-6-28-27(19-21-9-11-22(12-10-21)25-7-4-5-8-26(25)31-36-33(41)44-37-31)32(40)38(30-17-18-35-39(28)30)23-13-15-24(16-14-23)43-29-20-34(29,2)42/h4-5,7-12,17-18,23-24,29,42H,3,6,13-16,19-20H2,1-2H3,(H,36,37,41)/t23-,24-,29?,34?. The first kappa shape index (κ1) is 28.5. The van der Waals surface area contributed by atoms with Crippen molar-refractivity contribution >= 4 is 5.65 Å². The smallest absolute Gasteiger partial charge is 0.387 e. The van der Waals surface area contributed by atoms with Crippen molar-refractivity contribution in [3.63, 3.8) is 0 Å². The van der Waals surface area contributed by atoms with Gasteiger partial charge in [-0.1, -0.05) is 67.0 Å². The third-order valence-corrected chi connectivity index (χ3v) is 9.20. The minimum atomic E-state index is -0.694. The van der Waals surface area contributed by atoms with E-state index in [9.17, 15) is 14.7 Å². The number of benzene rings is 2. The molecule has 2 aliphatic carbocycles. The number of nitrogens with zero attached hydrogens (tertiary/aromatic N) is 4. The van der Waals surface area contributed by atoms with Gasteiger partial charge in [0.2, 0.25) is 0 Å². The molecule has 2 aliphatic rings. The lowest BCUT2D eigenvalue weighted by Crippen LogP contribution is -2.35. The highest BCUT2D eigenvalue weighted by Crippen LogP contribution is 2.41. The van der Waals surface area contributed by atoms with Gasteiger partial charge in [0.25, 0.3) is 5.56 Å². The molecule has 0 bridgehead atoms. The zero-order valence-corrected chi connectivity index (χ0v) is 25.0. The predicted octanol–water partition coefficient (Wildman–Crippen LogP) is 5.07. The Morgan fingerprint density at radius 2 is 1.77 bits per heavy atom. The van der Waals surface area contributed by atoms with Crippen LogP contribution in [0.3, 0.4) is 0 Å². The summed E-state index contributed by atoms with van der Waals surface area (Å²) in [7, 11) is 0. The molecule has 0 aliphatic heterocycles. The van der Waals surface area contributed by atoms with E-state index >= 15 is 0 Å². The van der Waals surface area contributed by atoms with E-state index in [1.54, 1.807) is 6.20 Å². The van der Waals surface area contributed by atoms with E-state index in [1.165, 1.54) is 0 Å². The lowest BCUT2D eigenvalue weighted by molar-refractivity contribution is -0.0273. The van der Waals surface area contributed by atoms with Gasteiger partial charge in [0.15, 0.2) is 5.82 Å². The van der Waals surface area contributed by atoms with Crippen molar-refractivity contribution < 1.29 is 14.4 Å². The van der Waals surface area contributed by atoms with Crippen LogP contribution in [0.5, 0.6) is 0 Å². The van der Waals surface area contributed by atoms with Gasteiger partial charge >= 0.3 is 5.76 Å². The maximum atomic E-state index is 14.3.